The number of hydrogen-bond acceptors (Lipinski definition) is 5. The molecule has 0 fully saturated rings. The highest BCUT2D eigenvalue weighted by Crippen LogP contribution is 2.09. The summed E-state index contributed by atoms with van der Waals surface area (Å²) in [5.74, 6) is -1.27. The number of anilines is 2. The molecular weight excluding hydrogens is 384 g/mol. The Morgan fingerprint density at radius 1 is 0.733 bits per heavy atom. The van der Waals surface area contributed by atoms with Gasteiger partial charge in [-0.25, -0.2) is 5.48 Å². The summed E-state index contributed by atoms with van der Waals surface area (Å²) < 4.78 is 0. The van der Waals surface area contributed by atoms with Crippen molar-refractivity contribution < 1.29 is 19.6 Å². The van der Waals surface area contributed by atoms with Crippen LogP contribution in [0.15, 0.2) is 60.7 Å². The molecule has 8 nitrogen and oxygen atoms in total. The van der Waals surface area contributed by atoms with Gasteiger partial charge in [0.2, 0.25) is 5.91 Å². The normalized spacial score (nSPS) is 10.5. The van der Waals surface area contributed by atoms with Gasteiger partial charge in [-0.1, -0.05) is 49.2 Å². The summed E-state index contributed by atoms with van der Waals surface area (Å²) in [5.41, 5.74) is 2.84. The van der Waals surface area contributed by atoms with Crippen molar-refractivity contribution in [3.05, 3.63) is 60.7 Å². The number of hydrogen-bond donors (Lipinski definition) is 5. The highest BCUT2D eigenvalue weighted by molar-refractivity contribution is 6.14. The second-order valence-electron chi connectivity index (χ2n) is 6.80. The molecule has 2 aromatic rings. The number of carbonyl (C=O) groups excluding carboxylic acids is 3. The second kappa shape index (κ2) is 13.1. The van der Waals surface area contributed by atoms with Gasteiger partial charge in [0.25, 0.3) is 11.8 Å². The van der Waals surface area contributed by atoms with Gasteiger partial charge in [-0.2, -0.15) is 0 Å². The Morgan fingerprint density at radius 3 is 1.73 bits per heavy atom. The molecule has 160 valence electrons. The maximum Gasteiger partial charge on any atom is 0.251 e. The molecule has 8 heteroatoms. The van der Waals surface area contributed by atoms with Gasteiger partial charge in [0.05, 0.1) is 0 Å². The van der Waals surface area contributed by atoms with Crippen molar-refractivity contribution in [3.63, 3.8) is 0 Å². The average Bonchev–Trinajstić information content (AvgIpc) is 2.76. The topological polar surface area (TPSA) is 120 Å². The third kappa shape index (κ3) is 8.42. The van der Waals surface area contributed by atoms with Gasteiger partial charge in [0.15, 0.2) is 6.04 Å². The maximum atomic E-state index is 12.7. The van der Waals surface area contributed by atoms with Gasteiger partial charge in [0, 0.05) is 17.8 Å². The van der Waals surface area contributed by atoms with Crippen molar-refractivity contribution >= 4 is 29.1 Å². The van der Waals surface area contributed by atoms with Crippen molar-refractivity contribution in [2.75, 3.05) is 17.2 Å². The Hall–Kier alpha value is -3.23. The minimum absolute atomic E-state index is 0.269. The fourth-order valence-electron chi connectivity index (χ4n) is 2.84. The molecule has 0 aliphatic heterocycles. The summed E-state index contributed by atoms with van der Waals surface area (Å²) >= 11 is 0. The lowest BCUT2D eigenvalue weighted by Crippen LogP contribution is -2.49. The third-order valence-electron chi connectivity index (χ3n) is 4.41. The molecule has 0 aromatic heterocycles. The fourth-order valence-corrected chi connectivity index (χ4v) is 2.84. The predicted molar refractivity (Wildman–Crippen MR) is 115 cm³/mol. The summed E-state index contributed by atoms with van der Waals surface area (Å²) in [6.07, 6.45) is 3.32. The molecule has 0 aliphatic carbocycles. The Morgan fingerprint density at radius 2 is 1.23 bits per heavy atom. The van der Waals surface area contributed by atoms with E-state index in [0.29, 0.717) is 24.3 Å². The third-order valence-corrected chi connectivity index (χ3v) is 4.41. The van der Waals surface area contributed by atoms with Gasteiger partial charge in [-0.15, -0.1) is 0 Å². The summed E-state index contributed by atoms with van der Waals surface area (Å²) in [5, 5.41) is 17.0. The Balaban J connectivity index is 1.87. The van der Waals surface area contributed by atoms with E-state index in [0.717, 1.165) is 19.3 Å². The fraction of sp³-hybridized carbons (Fsp3) is 0.318. The first-order valence-corrected chi connectivity index (χ1v) is 9.98. The quantitative estimate of drug-likeness (QED) is 0.159. The number of para-hydroxylation sites is 2. The van der Waals surface area contributed by atoms with Crippen LogP contribution in [0, 0.1) is 0 Å². The molecule has 0 aliphatic rings. The van der Waals surface area contributed by atoms with E-state index in [1.54, 1.807) is 54.0 Å². The molecule has 3 amide bonds. The molecule has 30 heavy (non-hydrogen) atoms. The van der Waals surface area contributed by atoms with E-state index in [-0.39, 0.29) is 6.42 Å². The van der Waals surface area contributed by atoms with Crippen molar-refractivity contribution in [3.8, 4) is 0 Å². The van der Waals surface area contributed by atoms with Crippen molar-refractivity contribution in [2.24, 2.45) is 0 Å². The number of carbonyl (C=O) groups is 3. The van der Waals surface area contributed by atoms with E-state index in [9.17, 15) is 14.4 Å². The van der Waals surface area contributed by atoms with Crippen molar-refractivity contribution in [1.82, 2.24) is 10.8 Å². The molecule has 0 bridgehead atoms. The summed E-state index contributed by atoms with van der Waals surface area (Å²) in [7, 11) is 0. The molecule has 0 saturated carbocycles. The van der Waals surface area contributed by atoms with Crippen LogP contribution in [-0.4, -0.2) is 35.5 Å². The molecule has 0 atom stereocenters. The SMILES string of the molecule is O=C(CCCCCCNC(C(=O)Nc1ccccc1)C(=O)Nc1ccccc1)NO. The monoisotopic (exact) mass is 412 g/mol. The highest BCUT2D eigenvalue weighted by Gasteiger charge is 2.26. The molecule has 5 N–H and O–H groups in total. The van der Waals surface area contributed by atoms with Crippen LogP contribution in [-0.2, 0) is 14.4 Å². The first kappa shape index (κ1) is 23.1. The van der Waals surface area contributed by atoms with Crippen molar-refractivity contribution in [2.45, 2.75) is 38.1 Å². The molecule has 0 spiro atoms. The van der Waals surface area contributed by atoms with Gasteiger partial charge < -0.3 is 10.6 Å². The standard InChI is InChI=1S/C22H28N4O4/c27-19(26-30)15-9-1-2-10-16-23-20(21(28)24-17-11-5-3-6-12-17)22(29)25-18-13-7-4-8-14-18/h3-8,11-14,20,23,30H,1-2,9-10,15-16H2,(H,24,28)(H,25,29)(H,26,27). The first-order chi connectivity index (χ1) is 14.6. The van der Waals surface area contributed by atoms with Crippen LogP contribution in [0.4, 0.5) is 11.4 Å². The van der Waals surface area contributed by atoms with E-state index in [2.05, 4.69) is 16.0 Å². The minimum atomic E-state index is -1.05. The zero-order valence-corrected chi connectivity index (χ0v) is 16.8. The van der Waals surface area contributed by atoms with E-state index in [4.69, 9.17) is 5.21 Å². The Kier molecular flexibility index (Phi) is 10.0. The molecular formula is C22H28N4O4. The minimum Gasteiger partial charge on any atom is -0.324 e. The van der Waals surface area contributed by atoms with Crippen LogP contribution in [0.5, 0.6) is 0 Å². The van der Waals surface area contributed by atoms with Crippen LogP contribution >= 0.6 is 0 Å². The highest BCUT2D eigenvalue weighted by atomic mass is 16.5. The molecule has 2 aromatic carbocycles. The van der Waals surface area contributed by atoms with Gasteiger partial charge in [0.1, 0.15) is 0 Å². The lowest BCUT2D eigenvalue weighted by molar-refractivity contribution is -0.129. The average molecular weight is 412 g/mol. The van der Waals surface area contributed by atoms with Crippen LogP contribution in [0.3, 0.4) is 0 Å². The summed E-state index contributed by atoms with van der Waals surface area (Å²) in [6, 6.07) is 16.9. The van der Waals surface area contributed by atoms with E-state index in [1.807, 2.05) is 12.1 Å². The Labute approximate surface area is 176 Å². The molecule has 0 saturated heterocycles. The predicted octanol–water partition coefficient (Wildman–Crippen LogP) is 2.68. The van der Waals surface area contributed by atoms with Gasteiger partial charge in [-0.05, 0) is 43.7 Å². The van der Waals surface area contributed by atoms with Gasteiger partial charge >= 0.3 is 0 Å². The number of amides is 3. The Bertz CT molecular complexity index is 746. The lowest BCUT2D eigenvalue weighted by atomic mass is 10.1. The number of nitrogens with one attached hydrogen (secondary N) is 4. The van der Waals surface area contributed by atoms with Crippen molar-refractivity contribution in [1.29, 1.82) is 0 Å². The smallest absolute Gasteiger partial charge is 0.251 e. The summed E-state index contributed by atoms with van der Waals surface area (Å²) in [6.45, 7) is 0.473. The van der Waals surface area contributed by atoms with Crippen LogP contribution in [0.2, 0.25) is 0 Å². The first-order valence-electron chi connectivity index (χ1n) is 9.98. The molecule has 0 unspecified atom stereocenters. The zero-order chi connectivity index (χ0) is 21.6. The van der Waals surface area contributed by atoms with Crippen LogP contribution in [0.1, 0.15) is 32.1 Å². The lowest BCUT2D eigenvalue weighted by Gasteiger charge is -2.18. The maximum absolute atomic E-state index is 12.7. The molecule has 0 heterocycles. The van der Waals surface area contributed by atoms with E-state index < -0.39 is 23.8 Å². The summed E-state index contributed by atoms with van der Waals surface area (Å²) in [4.78, 5) is 36.4. The van der Waals surface area contributed by atoms with E-state index >= 15 is 0 Å². The largest absolute Gasteiger partial charge is 0.324 e. The molecule has 0 radical (unpaired) electrons. The number of rotatable bonds is 12. The number of unbranched alkanes of at least 4 members (excludes halogenated alkanes) is 3. The number of benzene rings is 2. The van der Waals surface area contributed by atoms with Crippen LogP contribution in [0.25, 0.3) is 0 Å². The molecule has 2 rings (SSSR count). The van der Waals surface area contributed by atoms with E-state index in [1.165, 1.54) is 0 Å². The van der Waals surface area contributed by atoms with Crippen LogP contribution < -0.4 is 21.4 Å². The second-order valence-corrected chi connectivity index (χ2v) is 6.80. The zero-order valence-electron chi connectivity index (χ0n) is 16.8. The number of hydroxylamine groups is 1. The van der Waals surface area contributed by atoms with Gasteiger partial charge in [-0.3, -0.25) is 24.9 Å².